The van der Waals surface area contributed by atoms with E-state index in [1.165, 1.54) is 4.90 Å². The zero-order chi connectivity index (χ0) is 20.6. The van der Waals surface area contributed by atoms with E-state index < -0.39 is 0 Å². The third-order valence-corrected chi connectivity index (χ3v) is 5.93. The van der Waals surface area contributed by atoms with Crippen LogP contribution >= 0.6 is 0 Å². The Hall–Kier alpha value is -1.93. The highest BCUT2D eigenvalue weighted by Crippen LogP contribution is 2.52. The second-order valence-electron chi connectivity index (χ2n) is 7.83. The molecule has 1 aliphatic heterocycles. The van der Waals surface area contributed by atoms with Crippen molar-refractivity contribution in [3.63, 3.8) is 0 Å². The minimum atomic E-state index is -0.120. The predicted molar refractivity (Wildman–Crippen MR) is 110 cm³/mol. The van der Waals surface area contributed by atoms with Crippen LogP contribution in [0, 0.1) is 23.7 Å². The first-order chi connectivity index (χ1) is 14.2. The molecule has 8 nitrogen and oxygen atoms in total. The lowest BCUT2D eigenvalue weighted by atomic mass is 9.85. The SMILES string of the molecule is CCNC(=NCCCCOCCOC)NCCN1C(=O)C2C3C=CC(C3)C2C1=O. The highest BCUT2D eigenvalue weighted by molar-refractivity contribution is 6.06. The van der Waals surface area contributed by atoms with E-state index >= 15 is 0 Å². The van der Waals surface area contributed by atoms with Crippen molar-refractivity contribution in [2.24, 2.45) is 28.7 Å². The average molecular weight is 407 g/mol. The second kappa shape index (κ2) is 10.7. The summed E-state index contributed by atoms with van der Waals surface area (Å²) in [5.41, 5.74) is 0. The van der Waals surface area contributed by atoms with Gasteiger partial charge in [0.05, 0.1) is 25.0 Å². The number of hydrogen-bond donors (Lipinski definition) is 2. The van der Waals surface area contributed by atoms with Crippen LogP contribution in [0.4, 0.5) is 0 Å². The number of nitrogens with zero attached hydrogens (tertiary/aromatic N) is 2. The molecule has 8 heteroatoms. The number of imide groups is 1. The molecule has 4 atom stereocenters. The van der Waals surface area contributed by atoms with Gasteiger partial charge in [-0.1, -0.05) is 12.2 Å². The summed E-state index contributed by atoms with van der Waals surface area (Å²) >= 11 is 0. The van der Waals surface area contributed by atoms with Crippen molar-refractivity contribution in [3.8, 4) is 0 Å². The monoisotopic (exact) mass is 406 g/mol. The lowest BCUT2D eigenvalue weighted by Crippen LogP contribution is -2.43. The van der Waals surface area contributed by atoms with Gasteiger partial charge in [-0.3, -0.25) is 19.5 Å². The smallest absolute Gasteiger partial charge is 0.233 e. The number of carbonyl (C=O) groups excluding carboxylic acids is 2. The van der Waals surface area contributed by atoms with Gasteiger partial charge in [-0.2, -0.15) is 0 Å². The number of hydrogen-bond acceptors (Lipinski definition) is 5. The lowest BCUT2D eigenvalue weighted by Gasteiger charge is -2.18. The molecule has 3 rings (SSSR count). The summed E-state index contributed by atoms with van der Waals surface area (Å²) in [5, 5.41) is 6.45. The quantitative estimate of drug-likeness (QED) is 0.164. The topological polar surface area (TPSA) is 92.3 Å². The molecule has 2 bridgehead atoms. The van der Waals surface area contributed by atoms with E-state index in [4.69, 9.17) is 9.47 Å². The summed E-state index contributed by atoms with van der Waals surface area (Å²) < 4.78 is 10.4. The van der Waals surface area contributed by atoms with Crippen LogP contribution in [0.3, 0.4) is 0 Å². The van der Waals surface area contributed by atoms with E-state index in [-0.39, 0.29) is 35.5 Å². The number of aliphatic imine (C=N–C) groups is 1. The first kappa shape index (κ1) is 21.8. The minimum absolute atomic E-state index is 0.00839. The van der Waals surface area contributed by atoms with Gasteiger partial charge in [0.25, 0.3) is 0 Å². The summed E-state index contributed by atoms with van der Waals surface area (Å²) in [6.45, 7) is 6.31. The number of guanidine groups is 1. The minimum Gasteiger partial charge on any atom is -0.382 e. The zero-order valence-electron chi connectivity index (χ0n) is 17.6. The number of unbranched alkanes of at least 4 members (excludes halogenated alkanes) is 1. The molecule has 3 aliphatic rings. The van der Waals surface area contributed by atoms with E-state index in [9.17, 15) is 9.59 Å². The maximum atomic E-state index is 12.7. The molecule has 0 aromatic heterocycles. The molecule has 0 aromatic rings. The van der Waals surface area contributed by atoms with Crippen LogP contribution in [0.25, 0.3) is 0 Å². The van der Waals surface area contributed by atoms with Crippen LogP contribution in [0.1, 0.15) is 26.2 Å². The molecule has 1 saturated heterocycles. The number of rotatable bonds is 12. The number of methoxy groups -OCH3 is 1. The Bertz CT molecular complexity index is 606. The highest BCUT2D eigenvalue weighted by atomic mass is 16.5. The molecular formula is C21H34N4O4. The fourth-order valence-electron chi connectivity index (χ4n) is 4.56. The Morgan fingerprint density at radius 3 is 2.48 bits per heavy atom. The number of nitrogens with one attached hydrogen (secondary N) is 2. The van der Waals surface area contributed by atoms with Gasteiger partial charge >= 0.3 is 0 Å². The molecule has 4 unspecified atom stereocenters. The number of allylic oxidation sites excluding steroid dienone is 2. The molecule has 2 fully saturated rings. The zero-order valence-corrected chi connectivity index (χ0v) is 17.6. The van der Waals surface area contributed by atoms with E-state index in [0.717, 1.165) is 25.8 Å². The van der Waals surface area contributed by atoms with Crippen molar-refractivity contribution in [1.82, 2.24) is 15.5 Å². The van der Waals surface area contributed by atoms with Crippen molar-refractivity contribution >= 4 is 17.8 Å². The second-order valence-corrected chi connectivity index (χ2v) is 7.83. The van der Waals surface area contributed by atoms with Crippen LogP contribution in [0.5, 0.6) is 0 Å². The first-order valence-electron chi connectivity index (χ1n) is 10.8. The molecule has 0 spiro atoms. The molecule has 0 radical (unpaired) electrons. The highest BCUT2D eigenvalue weighted by Gasteiger charge is 2.58. The maximum absolute atomic E-state index is 12.7. The van der Waals surface area contributed by atoms with Crippen molar-refractivity contribution in [3.05, 3.63) is 12.2 Å². The molecule has 2 N–H and O–H groups in total. The molecule has 29 heavy (non-hydrogen) atoms. The third kappa shape index (κ3) is 5.17. The molecule has 1 heterocycles. The van der Waals surface area contributed by atoms with Gasteiger partial charge in [0, 0.05) is 39.9 Å². The van der Waals surface area contributed by atoms with Crippen molar-refractivity contribution < 1.29 is 19.1 Å². The normalized spacial score (nSPS) is 27.8. The largest absolute Gasteiger partial charge is 0.382 e. The maximum Gasteiger partial charge on any atom is 0.233 e. The van der Waals surface area contributed by atoms with Crippen molar-refractivity contribution in [2.45, 2.75) is 26.2 Å². The molecule has 2 aliphatic carbocycles. The van der Waals surface area contributed by atoms with Gasteiger partial charge in [-0.05, 0) is 38.0 Å². The standard InChI is InChI=1S/C21H34N4O4/c1-3-22-21(23-8-4-5-11-29-13-12-28-2)24-9-10-25-19(26)17-15-6-7-16(14-15)18(17)20(25)27/h6-7,15-18H,3-5,8-14H2,1-2H3,(H2,22,23,24). The van der Waals surface area contributed by atoms with E-state index in [1.54, 1.807) is 7.11 Å². The Morgan fingerprint density at radius 1 is 1.10 bits per heavy atom. The number of carbonyl (C=O) groups is 2. The Kier molecular flexibility index (Phi) is 8.06. The van der Waals surface area contributed by atoms with Gasteiger partial charge in [0.2, 0.25) is 11.8 Å². The average Bonchev–Trinajstić information content (AvgIpc) is 3.39. The van der Waals surface area contributed by atoms with E-state index in [0.29, 0.717) is 45.4 Å². The fraction of sp³-hybridized carbons (Fsp3) is 0.762. The summed E-state index contributed by atoms with van der Waals surface area (Å²) in [7, 11) is 1.66. The third-order valence-electron chi connectivity index (χ3n) is 5.93. The van der Waals surface area contributed by atoms with Crippen LogP contribution in [-0.4, -0.2) is 75.8 Å². The number of ether oxygens (including phenoxy) is 2. The van der Waals surface area contributed by atoms with Gasteiger partial charge in [-0.15, -0.1) is 0 Å². The van der Waals surface area contributed by atoms with Gasteiger partial charge in [0.15, 0.2) is 5.96 Å². The van der Waals surface area contributed by atoms with Crippen LogP contribution in [0.15, 0.2) is 17.1 Å². The lowest BCUT2D eigenvalue weighted by molar-refractivity contribution is -0.140. The first-order valence-corrected chi connectivity index (χ1v) is 10.8. The Morgan fingerprint density at radius 2 is 1.83 bits per heavy atom. The summed E-state index contributed by atoms with van der Waals surface area (Å²) in [6, 6.07) is 0. The molecule has 162 valence electrons. The Labute approximate surface area is 173 Å². The predicted octanol–water partition coefficient (Wildman–Crippen LogP) is 0.792. The van der Waals surface area contributed by atoms with Crippen molar-refractivity contribution in [1.29, 1.82) is 0 Å². The summed E-state index contributed by atoms with van der Waals surface area (Å²) in [4.78, 5) is 31.4. The molecular weight excluding hydrogens is 372 g/mol. The summed E-state index contributed by atoms with van der Waals surface area (Å²) in [5.74, 6) is 1.02. The van der Waals surface area contributed by atoms with E-state index in [1.807, 2.05) is 6.92 Å². The molecule has 1 saturated carbocycles. The van der Waals surface area contributed by atoms with Gasteiger partial charge in [0.1, 0.15) is 0 Å². The Balaban J connectivity index is 1.37. The van der Waals surface area contributed by atoms with Crippen molar-refractivity contribution in [2.75, 3.05) is 53.1 Å². The van der Waals surface area contributed by atoms with Crippen LogP contribution < -0.4 is 10.6 Å². The van der Waals surface area contributed by atoms with Crippen LogP contribution in [-0.2, 0) is 19.1 Å². The van der Waals surface area contributed by atoms with Gasteiger partial charge < -0.3 is 20.1 Å². The number of fused-ring (bicyclic) bond motifs is 5. The number of amides is 2. The van der Waals surface area contributed by atoms with Gasteiger partial charge in [-0.25, -0.2) is 0 Å². The fourth-order valence-corrected chi connectivity index (χ4v) is 4.56. The summed E-state index contributed by atoms with van der Waals surface area (Å²) in [6.07, 6.45) is 7.09. The van der Waals surface area contributed by atoms with Crippen LogP contribution in [0.2, 0.25) is 0 Å². The number of likely N-dealkylation sites (tertiary alicyclic amines) is 1. The molecule has 0 aromatic carbocycles. The van der Waals surface area contributed by atoms with E-state index in [2.05, 4.69) is 27.8 Å². The molecule has 2 amide bonds.